The predicted octanol–water partition coefficient (Wildman–Crippen LogP) is 11.6. The summed E-state index contributed by atoms with van der Waals surface area (Å²) >= 11 is 32.4. The Kier molecular flexibility index (Phi) is 17.7. The fraction of sp³-hybridized carbons (Fsp3) is 0.136. The van der Waals surface area contributed by atoms with Crippen molar-refractivity contribution in [2.75, 3.05) is 0 Å². The molecule has 0 aliphatic heterocycles. The Hall–Kier alpha value is -4.68. The summed E-state index contributed by atoms with van der Waals surface area (Å²) in [6.45, 7) is 2.04. The number of aromatic nitrogens is 8. The van der Waals surface area contributed by atoms with Crippen molar-refractivity contribution >= 4 is 121 Å². The van der Waals surface area contributed by atoms with Gasteiger partial charge in [0.15, 0.2) is 11.4 Å². The van der Waals surface area contributed by atoms with Gasteiger partial charge in [0.05, 0.1) is 51.2 Å². The van der Waals surface area contributed by atoms with E-state index in [0.29, 0.717) is 47.7 Å². The average molecular weight is 1260 g/mol. The van der Waals surface area contributed by atoms with Crippen LogP contribution in [0.1, 0.15) is 55.1 Å². The molecule has 0 saturated carbocycles. The van der Waals surface area contributed by atoms with Gasteiger partial charge in [-0.1, -0.05) is 123 Å². The van der Waals surface area contributed by atoms with E-state index in [0.717, 1.165) is 52.8 Å². The molecule has 4 N–H and O–H groups in total. The van der Waals surface area contributed by atoms with Crippen LogP contribution >= 0.6 is 98.5 Å². The Morgan fingerprint density at radius 1 is 0.515 bits per heavy atom. The monoisotopic (exact) mass is 1260 g/mol. The highest BCUT2D eigenvalue weighted by atomic mass is 79.9. The molecule has 0 atom stereocenters. The third-order valence-electron chi connectivity index (χ3n) is 9.43. The molecule has 68 heavy (non-hydrogen) atoms. The lowest BCUT2D eigenvalue weighted by molar-refractivity contribution is 0.0676. The van der Waals surface area contributed by atoms with Crippen LogP contribution in [0.4, 0.5) is 0 Å². The largest absolute Gasteiger partial charge is 0.477 e. The number of carbonyl (C=O) groups is 2. The molecule has 16 nitrogen and oxygen atoms in total. The lowest BCUT2D eigenvalue weighted by atomic mass is 10.2. The van der Waals surface area contributed by atoms with Crippen molar-refractivity contribution in [2.24, 2.45) is 0 Å². The Morgan fingerprint density at radius 3 is 1.15 bits per heavy atom. The van der Waals surface area contributed by atoms with Gasteiger partial charge in [-0.3, -0.25) is 9.11 Å². The summed E-state index contributed by atoms with van der Waals surface area (Å²) in [5.41, 5.74) is 7.66. The first-order chi connectivity index (χ1) is 32.0. The Morgan fingerprint density at radius 2 is 0.809 bits per heavy atom. The zero-order valence-electron chi connectivity index (χ0n) is 34.9. The second kappa shape index (κ2) is 22.8. The van der Waals surface area contributed by atoms with E-state index in [9.17, 15) is 19.8 Å². The van der Waals surface area contributed by atoms with Crippen molar-refractivity contribution in [3.05, 3.63) is 185 Å². The molecule has 8 rings (SSSR count). The van der Waals surface area contributed by atoms with Gasteiger partial charge in [0.1, 0.15) is 0 Å². The number of nitrogens with zero attached hydrogens (tertiary/aromatic N) is 8. The number of aromatic carboxylic acids is 2. The molecule has 0 aliphatic carbocycles. The average Bonchev–Trinajstić information content (AvgIpc) is 4.07. The van der Waals surface area contributed by atoms with Gasteiger partial charge in [0.25, 0.3) is 0 Å². The van der Waals surface area contributed by atoms with E-state index in [4.69, 9.17) is 62.5 Å². The normalized spacial score (nSPS) is 11.4. The summed E-state index contributed by atoms with van der Waals surface area (Å²) < 4.78 is 39.9. The first-order valence-corrected chi connectivity index (χ1v) is 25.3. The van der Waals surface area contributed by atoms with Gasteiger partial charge in [0.2, 0.25) is 3.79 Å². The van der Waals surface area contributed by atoms with Gasteiger partial charge < -0.3 is 10.2 Å². The van der Waals surface area contributed by atoms with Gasteiger partial charge in [-0.25, -0.2) is 28.3 Å². The number of halogens is 7. The van der Waals surface area contributed by atoms with E-state index in [1.165, 1.54) is 21.5 Å². The zero-order valence-corrected chi connectivity index (χ0v) is 44.4. The van der Waals surface area contributed by atoms with E-state index in [-0.39, 0.29) is 11.4 Å². The minimum Gasteiger partial charge on any atom is -0.477 e. The van der Waals surface area contributed by atoms with E-state index < -0.39 is 26.1 Å². The first kappa shape index (κ1) is 52.7. The van der Waals surface area contributed by atoms with Crippen LogP contribution in [-0.2, 0) is 39.9 Å². The Bertz CT molecular complexity index is 3120. The molecule has 0 spiro atoms. The summed E-state index contributed by atoms with van der Waals surface area (Å²) in [6.07, 6.45) is 2.19. The van der Waals surface area contributed by atoms with Crippen LogP contribution in [-0.4, -0.2) is 78.8 Å². The summed E-state index contributed by atoms with van der Waals surface area (Å²) in [5.74, 6) is -2.17. The molecule has 8 aromatic rings. The molecule has 354 valence electrons. The van der Waals surface area contributed by atoms with Gasteiger partial charge in [-0.15, -0.1) is 0 Å². The first-order valence-electron chi connectivity index (χ1n) is 19.6. The molecule has 24 heteroatoms. The highest BCUT2D eigenvalue weighted by Crippen LogP contribution is 2.40. The van der Waals surface area contributed by atoms with Crippen LogP contribution in [0.5, 0.6) is 0 Å². The van der Waals surface area contributed by atoms with E-state index >= 15 is 0 Å². The Labute approximate surface area is 437 Å². The molecule has 0 aliphatic rings. The summed E-state index contributed by atoms with van der Waals surface area (Å²) in [4.78, 5) is 23.4. The smallest absolute Gasteiger partial charge is 0.394 e. The minimum atomic E-state index is -4.67. The second-order valence-electron chi connectivity index (χ2n) is 14.5. The molecule has 0 amide bonds. The number of rotatable bonds is 12. The van der Waals surface area contributed by atoms with Crippen molar-refractivity contribution in [1.29, 1.82) is 0 Å². The number of aryl methyl sites for hydroxylation is 5. The van der Waals surface area contributed by atoms with Gasteiger partial charge in [-0.2, -0.15) is 28.8 Å². The highest BCUT2D eigenvalue weighted by Gasteiger charge is 2.29. The third-order valence-corrected chi connectivity index (χ3v) is 12.0. The lowest BCUT2D eigenvalue weighted by Crippen LogP contribution is -2.10. The number of carboxylic acids is 2. The molecule has 0 unspecified atom stereocenters. The number of alkyl halides is 3. The molecular formula is C44H35Br4Cl3N8O8S. The summed E-state index contributed by atoms with van der Waals surface area (Å²) in [6, 6.07) is 37.1. The zero-order chi connectivity index (χ0) is 49.5. The minimum absolute atomic E-state index is 0.0454. The number of hydrogen-bond donors (Lipinski definition) is 4. The third kappa shape index (κ3) is 14.7. The van der Waals surface area contributed by atoms with Gasteiger partial charge >= 0.3 is 22.3 Å². The maximum atomic E-state index is 11.7. The molecule has 0 radical (unpaired) electrons. The fourth-order valence-corrected chi connectivity index (χ4v) is 8.57. The van der Waals surface area contributed by atoms with Crippen LogP contribution in [0.25, 0.3) is 22.7 Å². The fourth-order valence-electron chi connectivity index (χ4n) is 6.62. The lowest BCUT2D eigenvalue weighted by Gasteiger charge is -2.13. The SMILES string of the molecule is Cc1cc(CCc2cc(C(Cl)(Cl)Cl)n(-c3cccc(Br)c3)n2)nn1-c1cccc(Br)c1.O=C(O)c1cc(CCc2cc(C(=O)O)n(-c3cccc(Br)c3)n2)nn1-c1cccc(Br)c1.O=S(=O)(O)O. The van der Waals surface area contributed by atoms with Crippen LogP contribution in [0, 0.1) is 6.92 Å². The molecular weight excluding hydrogens is 1230 g/mol. The number of benzene rings is 4. The van der Waals surface area contributed by atoms with Crippen molar-refractivity contribution in [3.8, 4) is 22.7 Å². The van der Waals surface area contributed by atoms with Crippen molar-refractivity contribution in [3.63, 3.8) is 0 Å². The van der Waals surface area contributed by atoms with E-state index in [1.54, 1.807) is 41.1 Å². The van der Waals surface area contributed by atoms with Crippen molar-refractivity contribution in [1.82, 2.24) is 39.1 Å². The highest BCUT2D eigenvalue weighted by molar-refractivity contribution is 9.11. The van der Waals surface area contributed by atoms with Crippen LogP contribution in [0.3, 0.4) is 0 Å². The number of carboxylic acid groups (broad SMARTS) is 2. The van der Waals surface area contributed by atoms with Crippen LogP contribution < -0.4 is 0 Å². The van der Waals surface area contributed by atoms with Crippen LogP contribution in [0.2, 0.25) is 0 Å². The van der Waals surface area contributed by atoms with Crippen molar-refractivity contribution in [2.45, 2.75) is 36.4 Å². The second-order valence-corrected chi connectivity index (χ2v) is 21.3. The number of hydrogen-bond acceptors (Lipinski definition) is 8. The quantitative estimate of drug-likeness (QED) is 0.0663. The van der Waals surface area contributed by atoms with Crippen molar-refractivity contribution < 1.29 is 37.3 Å². The predicted molar refractivity (Wildman–Crippen MR) is 272 cm³/mol. The Balaban J connectivity index is 0.000000204. The topological polar surface area (TPSA) is 220 Å². The maximum absolute atomic E-state index is 11.7. The van der Waals surface area contributed by atoms with E-state index in [2.05, 4.69) is 80.0 Å². The van der Waals surface area contributed by atoms with Crippen LogP contribution in [0.15, 0.2) is 139 Å². The van der Waals surface area contributed by atoms with E-state index in [1.807, 2.05) is 78.3 Å². The molecule has 4 aromatic carbocycles. The molecule has 0 bridgehead atoms. The standard InChI is InChI=1S/C22H17Br2Cl3N4.C22H16Br2N4O4.H2O4S/c1-14-10-17(28-30(14)19-6-2-4-15(23)11-19)8-9-18-13-21(22(25,26)27)31(29-18)20-7-3-5-16(24)12-20;23-13-3-1-5-17(9-13)27-19(21(29)30)11-15(25-27)7-8-16-12-20(22(31)32)28(26-16)18-6-2-4-14(24)10-18;1-5(2,3)4/h2-7,10-13H,8-9H2,1H3;1-6,9-12H,7-8H2,(H,29,30)(H,31,32);(H2,1,2,3,4). The van der Waals surface area contributed by atoms with Gasteiger partial charge in [0, 0.05) is 23.6 Å². The molecule has 0 saturated heterocycles. The maximum Gasteiger partial charge on any atom is 0.394 e. The van der Waals surface area contributed by atoms with Gasteiger partial charge in [-0.05, 0) is 130 Å². The summed E-state index contributed by atoms with van der Waals surface area (Å²) in [7, 11) is -4.67. The molecule has 4 heterocycles. The molecule has 4 aromatic heterocycles. The summed E-state index contributed by atoms with van der Waals surface area (Å²) in [5, 5.41) is 37.5. The molecule has 0 fully saturated rings.